The van der Waals surface area contributed by atoms with Crippen molar-refractivity contribution >= 4 is 17.8 Å². The van der Waals surface area contributed by atoms with E-state index < -0.39 is 17.8 Å². The molecule has 0 fully saturated rings. The first-order valence-corrected chi connectivity index (χ1v) is 6.53. The van der Waals surface area contributed by atoms with E-state index in [0.717, 1.165) is 0 Å². The fraction of sp³-hybridized carbons (Fsp3) is 0.357. The summed E-state index contributed by atoms with van der Waals surface area (Å²) in [6.07, 6.45) is -0.573. The summed E-state index contributed by atoms with van der Waals surface area (Å²) in [4.78, 5) is 33.8. The molecule has 0 saturated carbocycles. The Kier molecular flexibility index (Phi) is 6.66. The molecule has 0 atom stereocenters. The summed E-state index contributed by atoms with van der Waals surface area (Å²) in [5, 5.41) is 8.48. The highest BCUT2D eigenvalue weighted by Gasteiger charge is 2.17. The van der Waals surface area contributed by atoms with Crippen LogP contribution in [0.2, 0.25) is 0 Å². The zero-order chi connectivity index (χ0) is 17.4. The summed E-state index contributed by atoms with van der Waals surface area (Å²) in [7, 11) is 4.25. The lowest BCUT2D eigenvalue weighted by Gasteiger charge is -2.14. The maximum atomic E-state index is 12.0. The average Bonchev–Trinajstić information content (AvgIpc) is 2.56. The van der Waals surface area contributed by atoms with E-state index in [4.69, 9.17) is 19.3 Å². The van der Waals surface area contributed by atoms with Gasteiger partial charge in [0.15, 0.2) is 11.5 Å². The smallest absolute Gasteiger partial charge is 0.303 e. The van der Waals surface area contributed by atoms with E-state index in [1.807, 2.05) is 0 Å². The van der Waals surface area contributed by atoms with E-state index in [-0.39, 0.29) is 29.9 Å². The Morgan fingerprint density at radius 3 is 1.96 bits per heavy atom. The Morgan fingerprint density at radius 2 is 1.52 bits per heavy atom. The zero-order valence-electron chi connectivity index (χ0n) is 13.0. The Labute approximate surface area is 132 Å². The Hall–Kier alpha value is -2.97. The van der Waals surface area contributed by atoms with Crippen molar-refractivity contribution in [1.29, 1.82) is 0 Å². The molecule has 126 valence electrons. The number of carbonyl (C=O) groups is 3. The number of carbonyl (C=O) groups excluding carboxylic acids is 2. The largest absolute Gasteiger partial charge is 0.493 e. The van der Waals surface area contributed by atoms with Gasteiger partial charge < -0.3 is 19.3 Å². The Bertz CT molecular complexity index is 576. The molecule has 0 bridgehead atoms. The lowest BCUT2D eigenvalue weighted by Crippen LogP contribution is -2.41. The van der Waals surface area contributed by atoms with Crippen LogP contribution in [0, 0.1) is 0 Å². The second kappa shape index (κ2) is 8.47. The molecule has 0 aliphatic rings. The van der Waals surface area contributed by atoms with E-state index in [2.05, 4.69) is 10.9 Å². The third-order valence-corrected chi connectivity index (χ3v) is 2.81. The molecule has 1 aromatic rings. The predicted octanol–water partition coefficient (Wildman–Crippen LogP) is 0.338. The molecule has 0 aliphatic heterocycles. The molecule has 2 amide bonds. The lowest BCUT2D eigenvalue weighted by molar-refractivity contribution is -0.138. The van der Waals surface area contributed by atoms with Crippen LogP contribution in [0.5, 0.6) is 17.2 Å². The fourth-order valence-corrected chi connectivity index (χ4v) is 1.69. The molecule has 0 radical (unpaired) electrons. The highest BCUT2D eigenvalue weighted by Crippen LogP contribution is 2.38. The van der Waals surface area contributed by atoms with Crippen molar-refractivity contribution in [1.82, 2.24) is 10.9 Å². The van der Waals surface area contributed by atoms with Crippen molar-refractivity contribution in [3.05, 3.63) is 17.7 Å². The molecular weight excluding hydrogens is 308 g/mol. The number of hydrogen-bond acceptors (Lipinski definition) is 6. The first-order valence-electron chi connectivity index (χ1n) is 6.53. The van der Waals surface area contributed by atoms with E-state index in [1.54, 1.807) is 0 Å². The number of amides is 2. The topological polar surface area (TPSA) is 123 Å². The number of hydrogen-bond donors (Lipinski definition) is 3. The van der Waals surface area contributed by atoms with Crippen molar-refractivity contribution < 1.29 is 33.7 Å². The van der Waals surface area contributed by atoms with Crippen LogP contribution in [0.25, 0.3) is 0 Å². The van der Waals surface area contributed by atoms with Gasteiger partial charge in [-0.05, 0) is 12.1 Å². The minimum absolute atomic E-state index is 0.165. The van der Waals surface area contributed by atoms with E-state index in [1.165, 1.54) is 33.5 Å². The number of benzene rings is 1. The van der Waals surface area contributed by atoms with Gasteiger partial charge in [0, 0.05) is 12.0 Å². The Balaban J connectivity index is 2.80. The van der Waals surface area contributed by atoms with Gasteiger partial charge >= 0.3 is 5.97 Å². The van der Waals surface area contributed by atoms with Crippen LogP contribution in [-0.2, 0) is 9.59 Å². The van der Waals surface area contributed by atoms with E-state index in [0.29, 0.717) is 5.75 Å². The van der Waals surface area contributed by atoms with Crippen molar-refractivity contribution in [2.45, 2.75) is 12.8 Å². The summed E-state index contributed by atoms with van der Waals surface area (Å²) in [5.41, 5.74) is 4.47. The number of hydrazine groups is 1. The number of aliphatic carboxylic acids is 1. The zero-order valence-corrected chi connectivity index (χ0v) is 13.0. The Morgan fingerprint density at radius 1 is 0.957 bits per heavy atom. The molecule has 9 nitrogen and oxygen atoms in total. The molecule has 0 spiro atoms. The van der Waals surface area contributed by atoms with Crippen LogP contribution in [-0.4, -0.2) is 44.2 Å². The molecule has 23 heavy (non-hydrogen) atoms. The second-order valence-corrected chi connectivity index (χ2v) is 4.31. The molecule has 1 rings (SSSR count). The molecule has 0 heterocycles. The molecule has 0 unspecified atom stereocenters. The summed E-state index contributed by atoms with van der Waals surface area (Å²) in [5.74, 6) is -1.43. The number of ether oxygens (including phenoxy) is 3. The van der Waals surface area contributed by atoms with Crippen LogP contribution >= 0.6 is 0 Å². The normalized spacial score (nSPS) is 9.70. The van der Waals surface area contributed by atoms with Gasteiger partial charge in [-0.25, -0.2) is 0 Å². The first-order chi connectivity index (χ1) is 10.9. The predicted molar refractivity (Wildman–Crippen MR) is 78.6 cm³/mol. The second-order valence-electron chi connectivity index (χ2n) is 4.31. The number of carboxylic acid groups (broad SMARTS) is 1. The summed E-state index contributed by atoms with van der Waals surface area (Å²) >= 11 is 0. The van der Waals surface area contributed by atoms with Crippen LogP contribution in [0.15, 0.2) is 12.1 Å². The molecule has 3 N–H and O–H groups in total. The summed E-state index contributed by atoms with van der Waals surface area (Å²) in [6.45, 7) is 0. The van der Waals surface area contributed by atoms with Crippen molar-refractivity contribution in [3.63, 3.8) is 0 Å². The van der Waals surface area contributed by atoms with Gasteiger partial charge in [0.05, 0.1) is 27.8 Å². The van der Waals surface area contributed by atoms with Gasteiger partial charge in [0.2, 0.25) is 11.7 Å². The maximum Gasteiger partial charge on any atom is 0.303 e. The van der Waals surface area contributed by atoms with Gasteiger partial charge in [0.25, 0.3) is 5.91 Å². The quantitative estimate of drug-likeness (QED) is 0.617. The van der Waals surface area contributed by atoms with Crippen LogP contribution in [0.1, 0.15) is 23.2 Å². The number of methoxy groups -OCH3 is 3. The third kappa shape index (κ3) is 5.06. The SMILES string of the molecule is COc1cc(C(=O)NNC(=O)CCC(=O)O)cc(OC)c1OC. The summed E-state index contributed by atoms with van der Waals surface area (Å²) in [6, 6.07) is 2.83. The fourth-order valence-electron chi connectivity index (χ4n) is 1.69. The molecule has 0 aliphatic carbocycles. The maximum absolute atomic E-state index is 12.0. The van der Waals surface area contributed by atoms with Crippen molar-refractivity contribution in [2.75, 3.05) is 21.3 Å². The molecule has 0 saturated heterocycles. The van der Waals surface area contributed by atoms with E-state index >= 15 is 0 Å². The summed E-state index contributed by atoms with van der Waals surface area (Å²) < 4.78 is 15.4. The van der Waals surface area contributed by atoms with Gasteiger partial charge in [-0.15, -0.1) is 0 Å². The van der Waals surface area contributed by atoms with Crippen LogP contribution in [0.3, 0.4) is 0 Å². The molecular formula is C14H18N2O7. The standard InChI is InChI=1S/C14H18N2O7/c1-21-9-6-8(7-10(22-2)13(9)23-3)14(20)16-15-11(17)4-5-12(18)19/h6-7H,4-5H2,1-3H3,(H,15,17)(H,16,20)(H,18,19). The molecule has 0 aromatic heterocycles. The van der Waals surface area contributed by atoms with Gasteiger partial charge in [0.1, 0.15) is 0 Å². The van der Waals surface area contributed by atoms with Gasteiger partial charge in [-0.3, -0.25) is 25.2 Å². The minimum atomic E-state index is -1.10. The van der Waals surface area contributed by atoms with Gasteiger partial charge in [-0.1, -0.05) is 0 Å². The first kappa shape index (κ1) is 18.1. The monoisotopic (exact) mass is 326 g/mol. The van der Waals surface area contributed by atoms with E-state index in [9.17, 15) is 14.4 Å². The number of rotatable bonds is 7. The van der Waals surface area contributed by atoms with Crippen molar-refractivity contribution in [2.24, 2.45) is 0 Å². The molecule has 1 aromatic carbocycles. The van der Waals surface area contributed by atoms with Crippen molar-refractivity contribution in [3.8, 4) is 17.2 Å². The highest BCUT2D eigenvalue weighted by atomic mass is 16.5. The lowest BCUT2D eigenvalue weighted by atomic mass is 10.1. The number of carboxylic acids is 1. The minimum Gasteiger partial charge on any atom is -0.493 e. The van der Waals surface area contributed by atoms with Crippen LogP contribution < -0.4 is 25.1 Å². The highest BCUT2D eigenvalue weighted by molar-refractivity contribution is 5.96. The van der Waals surface area contributed by atoms with Crippen LogP contribution in [0.4, 0.5) is 0 Å². The van der Waals surface area contributed by atoms with Gasteiger partial charge in [-0.2, -0.15) is 0 Å². The average molecular weight is 326 g/mol. The molecule has 9 heteroatoms. The third-order valence-electron chi connectivity index (χ3n) is 2.81. The number of nitrogens with one attached hydrogen (secondary N) is 2.